The van der Waals surface area contributed by atoms with Crippen LogP contribution in [0.1, 0.15) is 0 Å². The summed E-state index contributed by atoms with van der Waals surface area (Å²) in [5.41, 5.74) is -2.04. The number of aromatic nitrogens is 5. The molecule has 0 aliphatic heterocycles. The molecule has 0 amide bonds. The summed E-state index contributed by atoms with van der Waals surface area (Å²) in [4.78, 5) is 7.30. The van der Waals surface area contributed by atoms with Crippen LogP contribution in [0.15, 0.2) is 47.6 Å². The maximum Gasteiger partial charge on any atom is 0.267 e. The highest BCUT2D eigenvalue weighted by Gasteiger charge is 2.29. The van der Waals surface area contributed by atoms with Crippen molar-refractivity contribution >= 4 is 54.4 Å². The van der Waals surface area contributed by atoms with Crippen molar-refractivity contribution in [3.8, 4) is 28.5 Å². The van der Waals surface area contributed by atoms with Crippen LogP contribution < -0.4 is 9.46 Å². The second-order valence-electron chi connectivity index (χ2n) is 14.8. The summed E-state index contributed by atoms with van der Waals surface area (Å²) in [5, 5.41) is 5.15. The lowest BCUT2D eigenvalue weighted by Gasteiger charge is -2.16. The van der Waals surface area contributed by atoms with Crippen molar-refractivity contribution in [1.82, 2.24) is 24.3 Å². The lowest BCUT2D eigenvalue weighted by Crippen LogP contribution is -2.22. The van der Waals surface area contributed by atoms with Gasteiger partial charge in [-0.2, -0.15) is 5.10 Å². The van der Waals surface area contributed by atoms with E-state index < -0.39 is 77.0 Å². The molecule has 1 N–H and O–H groups in total. The fourth-order valence-corrected chi connectivity index (χ4v) is 8.13. The van der Waals surface area contributed by atoms with E-state index >= 15 is 13.2 Å². The Morgan fingerprint density at radius 2 is 1.53 bits per heavy atom. The number of fused-ring (bicyclic) bond motifs is 1. The molecule has 0 fully saturated rings. The molecule has 5 aromatic rings. The van der Waals surface area contributed by atoms with Gasteiger partial charge in [-0.15, -0.1) is 0 Å². The molecule has 11 nitrogen and oxygen atoms in total. The third-order valence-electron chi connectivity index (χ3n) is 8.17. The molecule has 0 atom stereocenters. The van der Waals surface area contributed by atoms with Crippen LogP contribution in [0, 0.1) is 23.3 Å². The molecule has 0 saturated heterocycles. The topological polar surface area (TPSA) is 122 Å². The number of hydrogen-bond donors (Lipinski definition) is 1. The lowest BCUT2D eigenvalue weighted by atomic mass is 10.0. The van der Waals surface area contributed by atoms with E-state index in [2.05, 4.69) is 54.3 Å². The summed E-state index contributed by atoms with van der Waals surface area (Å²) in [6, 6.07) is 6.58. The molecule has 0 radical (unpaired) electrons. The molecule has 0 aliphatic carbocycles. The minimum atomic E-state index is -4.72. The van der Waals surface area contributed by atoms with Gasteiger partial charge in [0, 0.05) is 46.4 Å². The smallest absolute Gasteiger partial charge is 0.267 e. The monoisotopic (exact) mass is 812 g/mol. The van der Waals surface area contributed by atoms with E-state index in [4.69, 9.17) is 25.8 Å². The number of ether oxygens (including phenoxy) is 3. The van der Waals surface area contributed by atoms with Gasteiger partial charge in [0.1, 0.15) is 41.5 Å². The van der Waals surface area contributed by atoms with Crippen molar-refractivity contribution in [3.63, 3.8) is 0 Å². The van der Waals surface area contributed by atoms with Crippen LogP contribution in [-0.2, 0) is 33.0 Å². The number of methoxy groups -OCH3 is 1. The third kappa shape index (κ3) is 9.29. The molecule has 2 aromatic carbocycles. The number of sulfonamides is 1. The maximum absolute atomic E-state index is 16.8. The van der Waals surface area contributed by atoms with Gasteiger partial charge in [0.15, 0.2) is 22.4 Å². The molecule has 53 heavy (non-hydrogen) atoms. The molecular formula is C34H41ClF4N6O5SSi2. The van der Waals surface area contributed by atoms with Crippen LogP contribution in [0.4, 0.5) is 23.2 Å². The van der Waals surface area contributed by atoms with Crippen molar-refractivity contribution in [3.05, 3.63) is 71.1 Å². The summed E-state index contributed by atoms with van der Waals surface area (Å²) in [7, 11) is -6.47. The van der Waals surface area contributed by atoms with Crippen molar-refractivity contribution in [2.75, 3.05) is 25.0 Å². The summed E-state index contributed by atoms with van der Waals surface area (Å²) in [5.74, 6) is -4.85. The van der Waals surface area contributed by atoms with E-state index in [1.165, 1.54) is 16.9 Å². The van der Waals surface area contributed by atoms with Crippen LogP contribution in [0.3, 0.4) is 0 Å². The molecule has 286 valence electrons. The number of halogens is 5. The number of anilines is 1. The molecule has 0 aliphatic rings. The first kappa shape index (κ1) is 40.4. The predicted molar refractivity (Wildman–Crippen MR) is 201 cm³/mol. The number of rotatable bonds is 16. The van der Waals surface area contributed by atoms with Crippen molar-refractivity contribution in [2.45, 2.75) is 69.7 Å². The SMILES string of the molecule is COc1ncc(F)cc1S(=O)(=O)Nc1ccc(F)c(-c2ccc3c(-c4ncc(Cl)n4COCC[Si](C)(C)C)nn(COCC[Si](C)(C)C)c3c2F)c1F. The Bertz CT molecular complexity index is 2240. The Labute approximate surface area is 312 Å². The molecule has 0 saturated carbocycles. The van der Waals surface area contributed by atoms with Crippen molar-refractivity contribution in [2.24, 2.45) is 0 Å². The van der Waals surface area contributed by atoms with Crippen LogP contribution in [-0.4, -0.2) is 69.2 Å². The van der Waals surface area contributed by atoms with Gasteiger partial charge >= 0.3 is 0 Å². The zero-order valence-corrected chi connectivity index (χ0v) is 33.9. The lowest BCUT2D eigenvalue weighted by molar-refractivity contribution is 0.0812. The average molecular weight is 813 g/mol. The second-order valence-corrected chi connectivity index (χ2v) is 28.0. The number of nitrogens with zero attached hydrogens (tertiary/aromatic N) is 5. The largest absolute Gasteiger partial charge is 0.480 e. The number of pyridine rings is 1. The molecule has 19 heteroatoms. The Morgan fingerprint density at radius 3 is 2.17 bits per heavy atom. The van der Waals surface area contributed by atoms with Gasteiger partial charge < -0.3 is 14.2 Å². The fourth-order valence-electron chi connectivity index (χ4n) is 5.25. The molecule has 3 aromatic heterocycles. The maximum atomic E-state index is 16.8. The van der Waals surface area contributed by atoms with Gasteiger partial charge in [-0.05, 0) is 30.3 Å². The highest BCUT2D eigenvalue weighted by Crippen LogP contribution is 2.39. The van der Waals surface area contributed by atoms with E-state index in [-0.39, 0.29) is 41.0 Å². The van der Waals surface area contributed by atoms with Crippen molar-refractivity contribution in [1.29, 1.82) is 0 Å². The first-order chi connectivity index (χ1) is 24.8. The summed E-state index contributed by atoms with van der Waals surface area (Å²) >= 11 is 6.50. The predicted octanol–water partition coefficient (Wildman–Crippen LogP) is 8.61. The van der Waals surface area contributed by atoms with Gasteiger partial charge in [0.2, 0.25) is 5.88 Å². The van der Waals surface area contributed by atoms with Crippen LogP contribution >= 0.6 is 11.6 Å². The van der Waals surface area contributed by atoms with Gasteiger partial charge in [-0.3, -0.25) is 9.29 Å². The highest BCUT2D eigenvalue weighted by atomic mass is 35.5. The highest BCUT2D eigenvalue weighted by molar-refractivity contribution is 7.92. The molecule has 5 rings (SSSR count). The number of benzene rings is 2. The zero-order valence-electron chi connectivity index (χ0n) is 30.4. The minimum Gasteiger partial charge on any atom is -0.480 e. The molecule has 0 spiro atoms. The Balaban J connectivity index is 1.59. The van der Waals surface area contributed by atoms with Crippen molar-refractivity contribution < 1.29 is 40.2 Å². The molecule has 0 unspecified atom stereocenters. The third-order valence-corrected chi connectivity index (χ3v) is 13.2. The fraction of sp³-hybridized carbons (Fsp3) is 0.382. The number of hydrogen-bond acceptors (Lipinski definition) is 8. The zero-order chi connectivity index (χ0) is 38.9. The molecule has 0 bridgehead atoms. The number of nitrogens with one attached hydrogen (secondary N) is 1. The van der Waals surface area contributed by atoms with Gasteiger partial charge in [-0.1, -0.05) is 56.9 Å². The molecular weight excluding hydrogens is 772 g/mol. The second kappa shape index (κ2) is 15.9. The van der Waals surface area contributed by atoms with E-state index in [0.717, 1.165) is 43.6 Å². The van der Waals surface area contributed by atoms with Gasteiger partial charge in [0.05, 0.1) is 30.8 Å². The standard InChI is InChI=1S/C34H41ClF4N6O5SSi2/c1-48-34-26(16-21(36)17-41-34)51(46,47)43-25-11-10-24(37)28(30(25)39)22-8-9-23-31(33-40-18-27(35)44(33)19-49-12-14-52(2,3)4)42-45(32(23)29(22)38)20-50-13-15-53(5,6)7/h8-11,16-18,43H,12-15,19-20H2,1-7H3. The summed E-state index contributed by atoms with van der Waals surface area (Å²) < 4.78 is 110. The van der Waals surface area contributed by atoms with Crippen LogP contribution in [0.2, 0.25) is 56.5 Å². The minimum absolute atomic E-state index is 0.0525. The Morgan fingerprint density at radius 1 is 0.868 bits per heavy atom. The summed E-state index contributed by atoms with van der Waals surface area (Å²) in [6.45, 7) is 14.0. The Hall–Kier alpha value is -3.82. The van der Waals surface area contributed by atoms with E-state index in [0.29, 0.717) is 19.3 Å². The van der Waals surface area contributed by atoms with Crippen LogP contribution in [0.25, 0.3) is 33.5 Å². The van der Waals surface area contributed by atoms with Gasteiger partial charge in [-0.25, -0.2) is 40.6 Å². The summed E-state index contributed by atoms with van der Waals surface area (Å²) in [6.07, 6.45) is 2.16. The average Bonchev–Trinajstić information content (AvgIpc) is 3.62. The normalized spacial score (nSPS) is 12.5. The van der Waals surface area contributed by atoms with E-state index in [1.807, 2.05) is 4.72 Å². The van der Waals surface area contributed by atoms with Gasteiger partial charge in [0.25, 0.3) is 10.0 Å². The van der Waals surface area contributed by atoms with Crippen LogP contribution in [0.5, 0.6) is 5.88 Å². The quantitative estimate of drug-likeness (QED) is 0.0598. The Kier molecular flexibility index (Phi) is 12.1. The van der Waals surface area contributed by atoms with E-state index in [9.17, 15) is 12.8 Å². The molecule has 3 heterocycles. The number of imidazole rings is 1. The first-order valence-corrected chi connectivity index (χ1v) is 25.9. The van der Waals surface area contributed by atoms with E-state index in [1.54, 1.807) is 4.57 Å². The first-order valence-electron chi connectivity index (χ1n) is 16.6.